The van der Waals surface area contributed by atoms with Crippen LogP contribution < -0.4 is 0 Å². The maximum Gasteiger partial charge on any atom is 0.251 e. The van der Waals surface area contributed by atoms with Crippen molar-refractivity contribution in [3.05, 3.63) is 35.9 Å². The van der Waals surface area contributed by atoms with E-state index in [9.17, 15) is 8.78 Å². The first-order chi connectivity index (χ1) is 9.51. The van der Waals surface area contributed by atoms with Crippen molar-refractivity contribution in [2.75, 3.05) is 14.2 Å². The highest BCUT2D eigenvalue weighted by molar-refractivity contribution is 5.13. The molecule has 0 heterocycles. The van der Waals surface area contributed by atoms with E-state index in [1.807, 2.05) is 30.3 Å². The molecule has 1 aromatic rings. The third-order valence-corrected chi connectivity index (χ3v) is 3.80. The van der Waals surface area contributed by atoms with Crippen LogP contribution in [-0.2, 0) is 20.8 Å². The number of rotatable bonds is 5. The highest BCUT2D eigenvalue weighted by atomic mass is 19.3. The van der Waals surface area contributed by atoms with Gasteiger partial charge in [0.2, 0.25) is 0 Å². The molecule has 0 aliphatic heterocycles. The molecular formula is C15H20F2O3. The summed E-state index contributed by atoms with van der Waals surface area (Å²) in [5.41, 5.74) is 0.933. The van der Waals surface area contributed by atoms with Crippen molar-refractivity contribution in [2.24, 2.45) is 0 Å². The lowest BCUT2D eigenvalue weighted by molar-refractivity contribution is -0.307. The van der Waals surface area contributed by atoms with Crippen molar-refractivity contribution in [3.63, 3.8) is 0 Å². The summed E-state index contributed by atoms with van der Waals surface area (Å²) < 4.78 is 43.6. The Balaban J connectivity index is 2.07. The van der Waals surface area contributed by atoms with Gasteiger partial charge in [0.05, 0.1) is 6.61 Å². The van der Waals surface area contributed by atoms with E-state index in [1.54, 1.807) is 0 Å². The lowest BCUT2D eigenvalue weighted by Crippen LogP contribution is -2.54. The Morgan fingerprint density at radius 1 is 1.10 bits per heavy atom. The van der Waals surface area contributed by atoms with Crippen LogP contribution in [0.15, 0.2) is 30.3 Å². The molecule has 0 N–H and O–H groups in total. The van der Waals surface area contributed by atoms with Gasteiger partial charge in [-0.2, -0.15) is 0 Å². The molecular weight excluding hydrogens is 266 g/mol. The Labute approximate surface area is 117 Å². The second-order valence-corrected chi connectivity index (χ2v) is 5.07. The zero-order valence-corrected chi connectivity index (χ0v) is 11.8. The van der Waals surface area contributed by atoms with E-state index in [0.717, 1.165) is 5.56 Å². The van der Waals surface area contributed by atoms with Gasteiger partial charge in [-0.3, -0.25) is 0 Å². The van der Waals surface area contributed by atoms with Crippen molar-refractivity contribution >= 4 is 0 Å². The molecule has 0 radical (unpaired) electrons. The Morgan fingerprint density at radius 2 is 1.75 bits per heavy atom. The zero-order valence-electron chi connectivity index (χ0n) is 11.8. The molecule has 1 saturated carbocycles. The van der Waals surface area contributed by atoms with Crippen LogP contribution in [0.5, 0.6) is 0 Å². The number of hydrogen-bond donors (Lipinski definition) is 0. The molecule has 1 unspecified atom stereocenters. The van der Waals surface area contributed by atoms with Crippen LogP contribution in [0.3, 0.4) is 0 Å². The van der Waals surface area contributed by atoms with Gasteiger partial charge in [-0.15, -0.1) is 0 Å². The van der Waals surface area contributed by atoms with Crippen LogP contribution in [0, 0.1) is 0 Å². The molecule has 2 rings (SSSR count). The minimum Gasteiger partial charge on any atom is -0.368 e. The molecule has 112 valence electrons. The summed E-state index contributed by atoms with van der Waals surface area (Å²) in [4.78, 5) is 0. The summed E-state index contributed by atoms with van der Waals surface area (Å²) in [5.74, 6) is -3.82. The number of halogens is 2. The first-order valence-corrected chi connectivity index (χ1v) is 6.65. The quantitative estimate of drug-likeness (QED) is 0.777. The molecule has 0 aromatic heterocycles. The topological polar surface area (TPSA) is 27.7 Å². The number of methoxy groups -OCH3 is 2. The second kappa shape index (κ2) is 6.16. The first kappa shape index (κ1) is 15.4. The van der Waals surface area contributed by atoms with Gasteiger partial charge < -0.3 is 14.2 Å². The molecule has 1 atom stereocenters. The number of alkyl halides is 2. The smallest absolute Gasteiger partial charge is 0.251 e. The molecule has 3 nitrogen and oxygen atoms in total. The Kier molecular flexibility index (Phi) is 4.73. The van der Waals surface area contributed by atoms with Crippen molar-refractivity contribution in [1.29, 1.82) is 0 Å². The Bertz CT molecular complexity index is 418. The van der Waals surface area contributed by atoms with E-state index in [1.165, 1.54) is 14.2 Å². The lowest BCUT2D eigenvalue weighted by Gasteiger charge is -2.43. The van der Waals surface area contributed by atoms with Crippen LogP contribution in [0.1, 0.15) is 24.8 Å². The average Bonchev–Trinajstić information content (AvgIpc) is 2.46. The molecule has 1 aromatic carbocycles. The zero-order chi connectivity index (χ0) is 14.6. The van der Waals surface area contributed by atoms with Crippen molar-refractivity contribution in [1.82, 2.24) is 0 Å². The van der Waals surface area contributed by atoms with Gasteiger partial charge in [-0.1, -0.05) is 30.3 Å². The predicted octanol–water partition coefficient (Wildman–Crippen LogP) is 3.38. The van der Waals surface area contributed by atoms with Crippen LogP contribution in [0.4, 0.5) is 8.78 Å². The largest absolute Gasteiger partial charge is 0.368 e. The molecule has 0 bridgehead atoms. The average molecular weight is 286 g/mol. The Hall–Kier alpha value is -1.04. The van der Waals surface area contributed by atoms with Crippen LogP contribution >= 0.6 is 0 Å². The summed E-state index contributed by atoms with van der Waals surface area (Å²) in [6.45, 7) is 0.260. The fourth-order valence-corrected chi connectivity index (χ4v) is 2.55. The summed E-state index contributed by atoms with van der Waals surface area (Å²) in [5, 5.41) is 0. The summed E-state index contributed by atoms with van der Waals surface area (Å²) in [6.07, 6.45) is -1.31. The van der Waals surface area contributed by atoms with E-state index >= 15 is 0 Å². The second-order valence-electron chi connectivity index (χ2n) is 5.07. The van der Waals surface area contributed by atoms with Gasteiger partial charge in [0.25, 0.3) is 5.92 Å². The van der Waals surface area contributed by atoms with Gasteiger partial charge >= 0.3 is 0 Å². The van der Waals surface area contributed by atoms with Crippen LogP contribution in [-0.4, -0.2) is 32.0 Å². The van der Waals surface area contributed by atoms with E-state index in [-0.39, 0.29) is 25.9 Å². The van der Waals surface area contributed by atoms with E-state index in [0.29, 0.717) is 0 Å². The monoisotopic (exact) mass is 286 g/mol. The molecule has 1 fully saturated rings. The standard InChI is InChI=1S/C15H20F2O3/c1-18-15(19-2)9-8-14(16,17)10-13(15)20-11-12-6-4-3-5-7-12/h3-7,13H,8-11H2,1-2H3. The number of ether oxygens (including phenoxy) is 3. The molecule has 0 amide bonds. The molecule has 0 spiro atoms. The van der Waals surface area contributed by atoms with E-state index < -0.39 is 17.8 Å². The maximum absolute atomic E-state index is 13.6. The van der Waals surface area contributed by atoms with Gasteiger partial charge in [0.1, 0.15) is 6.10 Å². The molecule has 5 heteroatoms. The lowest BCUT2D eigenvalue weighted by atomic mass is 9.88. The first-order valence-electron chi connectivity index (χ1n) is 6.65. The number of hydrogen-bond acceptors (Lipinski definition) is 3. The minimum atomic E-state index is -2.73. The summed E-state index contributed by atoms with van der Waals surface area (Å²) in [7, 11) is 2.93. The predicted molar refractivity (Wildman–Crippen MR) is 70.6 cm³/mol. The third-order valence-electron chi connectivity index (χ3n) is 3.80. The van der Waals surface area contributed by atoms with Crippen molar-refractivity contribution < 1.29 is 23.0 Å². The van der Waals surface area contributed by atoms with Gasteiger partial charge in [0.15, 0.2) is 5.79 Å². The normalized spacial score (nSPS) is 24.5. The third kappa shape index (κ3) is 3.34. The van der Waals surface area contributed by atoms with Gasteiger partial charge in [-0.25, -0.2) is 8.78 Å². The highest BCUT2D eigenvalue weighted by Gasteiger charge is 2.52. The maximum atomic E-state index is 13.6. The van der Waals surface area contributed by atoms with Gasteiger partial charge in [0, 0.05) is 33.5 Å². The SMILES string of the molecule is COC1(OC)CCC(F)(F)CC1OCc1ccccc1. The Morgan fingerprint density at radius 3 is 2.35 bits per heavy atom. The minimum absolute atomic E-state index is 0.118. The van der Waals surface area contributed by atoms with Crippen molar-refractivity contribution in [2.45, 2.75) is 43.7 Å². The molecule has 0 saturated heterocycles. The van der Waals surface area contributed by atoms with E-state index in [2.05, 4.69) is 0 Å². The van der Waals surface area contributed by atoms with Crippen molar-refractivity contribution in [3.8, 4) is 0 Å². The number of benzene rings is 1. The van der Waals surface area contributed by atoms with E-state index in [4.69, 9.17) is 14.2 Å². The highest BCUT2D eigenvalue weighted by Crippen LogP contribution is 2.42. The summed E-state index contributed by atoms with van der Waals surface area (Å²) >= 11 is 0. The molecule has 1 aliphatic carbocycles. The van der Waals surface area contributed by atoms with Crippen LogP contribution in [0.25, 0.3) is 0 Å². The van der Waals surface area contributed by atoms with Crippen LogP contribution in [0.2, 0.25) is 0 Å². The van der Waals surface area contributed by atoms with Gasteiger partial charge in [-0.05, 0) is 5.56 Å². The molecule has 1 aliphatic rings. The molecule has 20 heavy (non-hydrogen) atoms. The summed E-state index contributed by atoms with van der Waals surface area (Å²) in [6, 6.07) is 9.44. The fraction of sp³-hybridized carbons (Fsp3) is 0.600. The fourth-order valence-electron chi connectivity index (χ4n) is 2.55.